The van der Waals surface area contributed by atoms with Gasteiger partial charge in [0, 0.05) is 31.0 Å². The highest BCUT2D eigenvalue weighted by Gasteiger charge is 2.30. The van der Waals surface area contributed by atoms with Crippen LogP contribution in [0.15, 0.2) is 18.3 Å². The van der Waals surface area contributed by atoms with E-state index >= 15 is 0 Å². The minimum Gasteiger partial charge on any atom is -0.373 e. The Labute approximate surface area is 99.2 Å². The fourth-order valence-electron chi connectivity index (χ4n) is 1.89. The van der Waals surface area contributed by atoms with E-state index in [-0.39, 0.29) is 17.1 Å². The second kappa shape index (κ2) is 4.79. The van der Waals surface area contributed by atoms with Crippen molar-refractivity contribution in [1.82, 2.24) is 10.3 Å². The monoisotopic (exact) mass is 238 g/mol. The summed E-state index contributed by atoms with van der Waals surface area (Å²) in [7, 11) is 0. The first-order valence-corrected chi connectivity index (χ1v) is 5.63. The van der Waals surface area contributed by atoms with Gasteiger partial charge in [-0.15, -0.1) is 0 Å². The summed E-state index contributed by atoms with van der Waals surface area (Å²) in [6.07, 6.45) is 3.21. The van der Waals surface area contributed by atoms with E-state index in [9.17, 15) is 9.18 Å². The number of halogens is 1. The Morgan fingerprint density at radius 2 is 2.53 bits per heavy atom. The van der Waals surface area contributed by atoms with Gasteiger partial charge in [0.1, 0.15) is 0 Å². The Hall–Kier alpha value is -1.49. The number of carbonyl (C=O) groups excluding carboxylic acids is 1. The molecule has 1 aliphatic rings. The Morgan fingerprint density at radius 3 is 3.18 bits per heavy atom. The van der Waals surface area contributed by atoms with Crippen LogP contribution in [0.5, 0.6) is 0 Å². The number of aromatic nitrogens is 1. The average Bonchev–Trinajstić information content (AvgIpc) is 2.74. The van der Waals surface area contributed by atoms with E-state index in [0.29, 0.717) is 6.54 Å². The van der Waals surface area contributed by atoms with Crippen molar-refractivity contribution in [2.75, 3.05) is 13.2 Å². The van der Waals surface area contributed by atoms with Gasteiger partial charge in [0.25, 0.3) is 5.91 Å². The van der Waals surface area contributed by atoms with Crippen molar-refractivity contribution in [3.05, 3.63) is 29.8 Å². The molecule has 1 N–H and O–H groups in total. The van der Waals surface area contributed by atoms with Gasteiger partial charge in [-0.2, -0.15) is 4.39 Å². The third-order valence-electron chi connectivity index (χ3n) is 2.91. The van der Waals surface area contributed by atoms with Gasteiger partial charge in [-0.05, 0) is 25.8 Å². The van der Waals surface area contributed by atoms with Crippen LogP contribution in [0.3, 0.4) is 0 Å². The lowest BCUT2D eigenvalue weighted by molar-refractivity contribution is 0.0206. The Kier molecular flexibility index (Phi) is 3.38. The summed E-state index contributed by atoms with van der Waals surface area (Å²) in [6, 6.07) is 2.60. The molecule has 4 nitrogen and oxygen atoms in total. The molecule has 0 radical (unpaired) electrons. The molecule has 1 amide bonds. The van der Waals surface area contributed by atoms with Gasteiger partial charge >= 0.3 is 0 Å². The maximum absolute atomic E-state index is 12.8. The first-order chi connectivity index (χ1) is 8.09. The molecule has 1 aromatic heterocycles. The second-order valence-electron chi connectivity index (χ2n) is 4.45. The van der Waals surface area contributed by atoms with Crippen molar-refractivity contribution in [2.24, 2.45) is 0 Å². The second-order valence-corrected chi connectivity index (χ2v) is 4.45. The minimum absolute atomic E-state index is 0.277. The zero-order valence-corrected chi connectivity index (χ0v) is 9.70. The van der Waals surface area contributed by atoms with E-state index in [1.54, 1.807) is 0 Å². The highest BCUT2D eigenvalue weighted by molar-refractivity contribution is 5.94. The fraction of sp³-hybridized carbons (Fsp3) is 0.500. The van der Waals surface area contributed by atoms with Crippen LogP contribution in [-0.4, -0.2) is 29.6 Å². The third-order valence-corrected chi connectivity index (χ3v) is 2.91. The maximum Gasteiger partial charge on any atom is 0.251 e. The van der Waals surface area contributed by atoms with Crippen LogP contribution in [-0.2, 0) is 4.74 Å². The SMILES string of the molecule is CC1(CNC(=O)c2ccnc(F)c2)CCCO1. The molecule has 0 saturated carbocycles. The first kappa shape index (κ1) is 12.0. The van der Waals surface area contributed by atoms with Crippen molar-refractivity contribution in [1.29, 1.82) is 0 Å². The molecule has 0 spiro atoms. The molecule has 2 heterocycles. The minimum atomic E-state index is -0.652. The number of amides is 1. The Balaban J connectivity index is 1.93. The van der Waals surface area contributed by atoms with Crippen molar-refractivity contribution in [3.63, 3.8) is 0 Å². The molecule has 1 atom stereocenters. The van der Waals surface area contributed by atoms with Crippen LogP contribution in [0.4, 0.5) is 4.39 Å². The zero-order chi connectivity index (χ0) is 12.3. The molecular weight excluding hydrogens is 223 g/mol. The fourth-order valence-corrected chi connectivity index (χ4v) is 1.89. The Morgan fingerprint density at radius 1 is 1.71 bits per heavy atom. The molecule has 5 heteroatoms. The van der Waals surface area contributed by atoms with E-state index in [1.165, 1.54) is 12.3 Å². The molecule has 1 fully saturated rings. The molecule has 0 bridgehead atoms. The topological polar surface area (TPSA) is 51.2 Å². The molecule has 1 aliphatic heterocycles. The molecule has 0 aromatic carbocycles. The number of nitrogens with one attached hydrogen (secondary N) is 1. The number of nitrogens with zero attached hydrogens (tertiary/aromatic N) is 1. The summed E-state index contributed by atoms with van der Waals surface area (Å²) in [5.74, 6) is -0.955. The number of ether oxygens (including phenoxy) is 1. The van der Waals surface area contributed by atoms with Crippen molar-refractivity contribution in [3.8, 4) is 0 Å². The van der Waals surface area contributed by atoms with Gasteiger partial charge in [0.15, 0.2) is 0 Å². The van der Waals surface area contributed by atoms with Crippen LogP contribution in [0.2, 0.25) is 0 Å². The predicted molar refractivity (Wildman–Crippen MR) is 60.1 cm³/mol. The van der Waals surface area contributed by atoms with Gasteiger partial charge in [-0.3, -0.25) is 4.79 Å². The average molecular weight is 238 g/mol. The molecule has 92 valence electrons. The van der Waals surface area contributed by atoms with E-state index in [1.807, 2.05) is 6.92 Å². The summed E-state index contributed by atoms with van der Waals surface area (Å²) in [5.41, 5.74) is -0.0135. The van der Waals surface area contributed by atoms with Gasteiger partial charge in [0.05, 0.1) is 5.60 Å². The summed E-state index contributed by atoms with van der Waals surface area (Å²) < 4.78 is 18.4. The number of carbonyl (C=O) groups is 1. The quantitative estimate of drug-likeness (QED) is 0.812. The molecule has 0 aliphatic carbocycles. The van der Waals surface area contributed by atoms with E-state index < -0.39 is 5.95 Å². The van der Waals surface area contributed by atoms with Gasteiger partial charge in [-0.25, -0.2) is 4.98 Å². The van der Waals surface area contributed by atoms with Crippen LogP contribution >= 0.6 is 0 Å². The Bertz CT molecular complexity index is 417. The van der Waals surface area contributed by atoms with E-state index in [2.05, 4.69) is 10.3 Å². The predicted octanol–water partition coefficient (Wildman–Crippen LogP) is 1.52. The van der Waals surface area contributed by atoms with Crippen molar-refractivity contribution in [2.45, 2.75) is 25.4 Å². The van der Waals surface area contributed by atoms with Crippen molar-refractivity contribution >= 4 is 5.91 Å². The molecule has 1 saturated heterocycles. The van der Waals surface area contributed by atoms with Crippen LogP contribution in [0.1, 0.15) is 30.1 Å². The lowest BCUT2D eigenvalue weighted by atomic mass is 10.0. The lowest BCUT2D eigenvalue weighted by Gasteiger charge is -2.23. The molecule has 1 unspecified atom stereocenters. The van der Waals surface area contributed by atoms with E-state index in [0.717, 1.165) is 25.5 Å². The smallest absolute Gasteiger partial charge is 0.251 e. The van der Waals surface area contributed by atoms with Gasteiger partial charge in [-0.1, -0.05) is 0 Å². The van der Waals surface area contributed by atoms with E-state index in [4.69, 9.17) is 4.74 Å². The van der Waals surface area contributed by atoms with Crippen LogP contribution < -0.4 is 5.32 Å². The first-order valence-electron chi connectivity index (χ1n) is 5.63. The highest BCUT2D eigenvalue weighted by atomic mass is 19.1. The standard InChI is InChI=1S/C12H15FN2O2/c1-12(4-2-6-17-12)8-15-11(16)9-3-5-14-10(13)7-9/h3,5,7H,2,4,6,8H2,1H3,(H,15,16). The molecule has 1 aromatic rings. The van der Waals surface area contributed by atoms with Gasteiger partial charge < -0.3 is 10.1 Å². The number of hydrogen-bond donors (Lipinski definition) is 1. The number of hydrogen-bond acceptors (Lipinski definition) is 3. The maximum atomic E-state index is 12.8. The zero-order valence-electron chi connectivity index (χ0n) is 9.70. The van der Waals surface area contributed by atoms with Crippen LogP contribution in [0.25, 0.3) is 0 Å². The lowest BCUT2D eigenvalue weighted by Crippen LogP contribution is -2.40. The summed E-state index contributed by atoms with van der Waals surface area (Å²) in [4.78, 5) is 15.1. The molecule has 17 heavy (non-hydrogen) atoms. The summed E-state index contributed by atoms with van der Waals surface area (Å²) >= 11 is 0. The van der Waals surface area contributed by atoms with Crippen molar-refractivity contribution < 1.29 is 13.9 Å². The normalized spacial score (nSPS) is 23.6. The third kappa shape index (κ3) is 3.00. The highest BCUT2D eigenvalue weighted by Crippen LogP contribution is 2.23. The van der Waals surface area contributed by atoms with Gasteiger partial charge in [0.2, 0.25) is 5.95 Å². The summed E-state index contributed by atoms with van der Waals surface area (Å²) in [5, 5.41) is 2.75. The molecule has 2 rings (SSSR count). The largest absolute Gasteiger partial charge is 0.373 e. The number of pyridine rings is 1. The summed E-state index contributed by atoms with van der Waals surface area (Å²) in [6.45, 7) is 3.14. The van der Waals surface area contributed by atoms with Crippen LogP contribution in [0, 0.1) is 5.95 Å². The number of rotatable bonds is 3. The molecular formula is C12H15FN2O2.